The molecule has 0 saturated heterocycles. The summed E-state index contributed by atoms with van der Waals surface area (Å²) in [5.74, 6) is -3.82. The number of hydroxylamine groups is 1. The molecule has 0 fully saturated rings. The number of carboxylic acid groups (broad SMARTS) is 1. The lowest BCUT2D eigenvalue weighted by Gasteiger charge is -2.21. The van der Waals surface area contributed by atoms with E-state index in [1.165, 1.54) is 18.6 Å². The second kappa shape index (κ2) is 8.38. The van der Waals surface area contributed by atoms with Gasteiger partial charge in [-0.3, -0.25) is 9.63 Å². The lowest BCUT2D eigenvalue weighted by molar-refractivity contribution is 0.0685. The number of hydrogen-bond donors (Lipinski definition) is 1. The highest BCUT2D eigenvalue weighted by atomic mass is 32.1. The van der Waals surface area contributed by atoms with Gasteiger partial charge in [0.25, 0.3) is 5.91 Å². The van der Waals surface area contributed by atoms with Crippen molar-refractivity contribution < 1.29 is 33.1 Å². The van der Waals surface area contributed by atoms with Gasteiger partial charge in [0.2, 0.25) is 0 Å². The third kappa shape index (κ3) is 3.96. The normalized spacial score (nSPS) is 10.6. The van der Waals surface area contributed by atoms with E-state index in [1.54, 1.807) is 24.3 Å². The molecule has 0 unspecified atom stereocenters. The van der Waals surface area contributed by atoms with Crippen molar-refractivity contribution in [3.05, 3.63) is 69.9 Å². The molecule has 6 nitrogen and oxygen atoms in total. The molecule has 0 aliphatic rings. The van der Waals surface area contributed by atoms with Crippen molar-refractivity contribution in [2.24, 2.45) is 0 Å². The highest BCUT2D eigenvalue weighted by molar-refractivity contribution is 7.12. The van der Waals surface area contributed by atoms with Gasteiger partial charge in [-0.05, 0) is 46.8 Å². The molecule has 29 heavy (non-hydrogen) atoms. The summed E-state index contributed by atoms with van der Waals surface area (Å²) < 4.78 is 34.6. The van der Waals surface area contributed by atoms with Crippen molar-refractivity contribution in [1.82, 2.24) is 0 Å². The molecular formula is C20H15F2NO5S. The first-order valence-corrected chi connectivity index (χ1v) is 9.08. The fraction of sp³-hybridized carbons (Fsp3) is 0.100. The summed E-state index contributed by atoms with van der Waals surface area (Å²) in [5, 5.41) is 11.0. The predicted molar refractivity (Wildman–Crippen MR) is 103 cm³/mol. The van der Waals surface area contributed by atoms with Crippen molar-refractivity contribution >= 4 is 28.9 Å². The predicted octanol–water partition coefficient (Wildman–Crippen LogP) is 4.61. The molecular weight excluding hydrogens is 404 g/mol. The Morgan fingerprint density at radius 1 is 1.00 bits per heavy atom. The topological polar surface area (TPSA) is 76.1 Å². The summed E-state index contributed by atoms with van der Waals surface area (Å²) in [6.45, 7) is 0. The van der Waals surface area contributed by atoms with E-state index in [1.807, 2.05) is 0 Å². The molecule has 3 rings (SSSR count). The van der Waals surface area contributed by atoms with Crippen molar-refractivity contribution in [3.8, 4) is 16.9 Å². The van der Waals surface area contributed by atoms with Crippen LogP contribution in [0.15, 0.2) is 47.8 Å². The Balaban J connectivity index is 2.01. The molecule has 1 N–H and O–H groups in total. The number of aromatic carboxylic acids is 1. The Labute approximate surface area is 168 Å². The number of carbonyl (C=O) groups excluding carboxylic acids is 1. The molecule has 2 aromatic carbocycles. The number of hydrogen-bond acceptors (Lipinski definition) is 5. The van der Waals surface area contributed by atoms with Crippen LogP contribution in [-0.2, 0) is 4.84 Å². The molecule has 0 radical (unpaired) electrons. The molecule has 9 heteroatoms. The standard InChI is InChI=1S/C20H15F2NO5S/c1-27-13-5-3-11(4-6-13)12-9-15(21)17(16(22)10-12)23(28-2)19(24)14-7-8-29-18(14)20(25)26/h3-10H,1-2H3,(H,25,26). The fourth-order valence-electron chi connectivity index (χ4n) is 2.74. The molecule has 150 valence electrons. The van der Waals surface area contributed by atoms with Crippen LogP contribution in [-0.4, -0.2) is 31.2 Å². The summed E-state index contributed by atoms with van der Waals surface area (Å²) in [6.07, 6.45) is 0. The SMILES string of the molecule is COc1ccc(-c2cc(F)c(N(OC)C(=O)c3ccsc3C(=O)O)c(F)c2)cc1. The van der Waals surface area contributed by atoms with Crippen molar-refractivity contribution in [2.75, 3.05) is 19.3 Å². The average Bonchev–Trinajstić information content (AvgIpc) is 3.20. The van der Waals surface area contributed by atoms with Crippen LogP contribution in [0.1, 0.15) is 20.0 Å². The van der Waals surface area contributed by atoms with E-state index < -0.39 is 29.2 Å². The zero-order chi connectivity index (χ0) is 21.1. The first-order chi connectivity index (χ1) is 13.9. The number of anilines is 1. The number of halogens is 2. The first-order valence-electron chi connectivity index (χ1n) is 8.20. The Morgan fingerprint density at radius 2 is 1.62 bits per heavy atom. The molecule has 0 spiro atoms. The van der Waals surface area contributed by atoms with E-state index >= 15 is 0 Å². The minimum absolute atomic E-state index is 0.234. The van der Waals surface area contributed by atoms with Gasteiger partial charge in [0.15, 0.2) is 11.6 Å². The van der Waals surface area contributed by atoms with Gasteiger partial charge in [0.05, 0.1) is 19.8 Å². The number of nitrogens with zero attached hydrogens (tertiary/aromatic N) is 1. The first kappa shape index (κ1) is 20.4. The van der Waals surface area contributed by atoms with Crippen molar-refractivity contribution in [3.63, 3.8) is 0 Å². The maximum absolute atomic E-state index is 14.8. The van der Waals surface area contributed by atoms with Gasteiger partial charge in [0.1, 0.15) is 16.3 Å². The third-order valence-corrected chi connectivity index (χ3v) is 5.00. The molecule has 1 aromatic heterocycles. The Bertz CT molecular complexity index is 1040. The van der Waals surface area contributed by atoms with E-state index in [0.29, 0.717) is 16.4 Å². The summed E-state index contributed by atoms with van der Waals surface area (Å²) in [7, 11) is 2.56. The minimum Gasteiger partial charge on any atom is -0.497 e. The minimum atomic E-state index is -1.32. The largest absolute Gasteiger partial charge is 0.497 e. The zero-order valence-electron chi connectivity index (χ0n) is 15.3. The van der Waals surface area contributed by atoms with E-state index in [9.17, 15) is 23.5 Å². The summed E-state index contributed by atoms with van der Waals surface area (Å²) in [5.41, 5.74) is -0.187. The average molecular weight is 419 g/mol. The van der Waals surface area contributed by atoms with Gasteiger partial charge in [-0.15, -0.1) is 11.3 Å². The number of methoxy groups -OCH3 is 1. The molecule has 0 aliphatic carbocycles. The number of rotatable bonds is 6. The number of thiophene rings is 1. The highest BCUT2D eigenvalue weighted by Crippen LogP contribution is 2.32. The van der Waals surface area contributed by atoms with Gasteiger partial charge < -0.3 is 9.84 Å². The Morgan fingerprint density at radius 3 is 2.14 bits per heavy atom. The second-order valence-corrected chi connectivity index (χ2v) is 6.68. The summed E-state index contributed by atoms with van der Waals surface area (Å²) in [4.78, 5) is 28.6. The van der Waals surface area contributed by atoms with Crippen LogP contribution in [0, 0.1) is 11.6 Å². The quantitative estimate of drug-likeness (QED) is 0.591. The fourth-order valence-corrected chi connectivity index (χ4v) is 3.46. The smallest absolute Gasteiger partial charge is 0.346 e. The molecule has 0 saturated carbocycles. The third-order valence-electron chi connectivity index (χ3n) is 4.10. The van der Waals surface area contributed by atoms with Crippen LogP contribution in [0.3, 0.4) is 0 Å². The lowest BCUT2D eigenvalue weighted by atomic mass is 10.0. The summed E-state index contributed by atoms with van der Waals surface area (Å²) in [6, 6.07) is 9.94. The molecule has 0 atom stereocenters. The van der Waals surface area contributed by atoms with E-state index in [-0.39, 0.29) is 16.0 Å². The van der Waals surface area contributed by atoms with Gasteiger partial charge in [-0.1, -0.05) is 12.1 Å². The van der Waals surface area contributed by atoms with Gasteiger partial charge in [0, 0.05) is 0 Å². The van der Waals surface area contributed by atoms with Crippen LogP contribution >= 0.6 is 11.3 Å². The Kier molecular flexibility index (Phi) is 5.90. The number of carboxylic acids is 1. The van der Waals surface area contributed by atoms with Crippen LogP contribution < -0.4 is 9.80 Å². The number of carbonyl (C=O) groups is 2. The lowest BCUT2D eigenvalue weighted by Crippen LogP contribution is -2.32. The second-order valence-electron chi connectivity index (χ2n) is 5.77. The molecule has 0 aliphatic heterocycles. The summed E-state index contributed by atoms with van der Waals surface area (Å²) >= 11 is 0.820. The number of ether oxygens (including phenoxy) is 1. The highest BCUT2D eigenvalue weighted by Gasteiger charge is 2.29. The maximum atomic E-state index is 14.8. The monoisotopic (exact) mass is 419 g/mol. The van der Waals surface area contributed by atoms with Crippen LogP contribution in [0.2, 0.25) is 0 Å². The molecule has 1 heterocycles. The maximum Gasteiger partial charge on any atom is 0.346 e. The molecule has 0 bridgehead atoms. The van der Waals surface area contributed by atoms with E-state index in [4.69, 9.17) is 9.57 Å². The number of amides is 1. The number of benzene rings is 2. The molecule has 1 amide bonds. The Hall–Kier alpha value is -3.30. The van der Waals surface area contributed by atoms with Gasteiger partial charge in [-0.25, -0.2) is 13.6 Å². The van der Waals surface area contributed by atoms with E-state index in [2.05, 4.69) is 0 Å². The van der Waals surface area contributed by atoms with Crippen LogP contribution in [0.4, 0.5) is 14.5 Å². The molecule has 3 aromatic rings. The van der Waals surface area contributed by atoms with Crippen molar-refractivity contribution in [1.29, 1.82) is 0 Å². The van der Waals surface area contributed by atoms with Crippen LogP contribution in [0.25, 0.3) is 11.1 Å². The van der Waals surface area contributed by atoms with Gasteiger partial charge >= 0.3 is 5.97 Å². The zero-order valence-corrected chi connectivity index (χ0v) is 16.1. The van der Waals surface area contributed by atoms with Gasteiger partial charge in [-0.2, -0.15) is 5.06 Å². The van der Waals surface area contributed by atoms with E-state index in [0.717, 1.165) is 30.6 Å². The van der Waals surface area contributed by atoms with Crippen LogP contribution in [0.5, 0.6) is 5.75 Å². The van der Waals surface area contributed by atoms with Crippen molar-refractivity contribution in [2.45, 2.75) is 0 Å².